The third-order valence-electron chi connectivity index (χ3n) is 6.07. The molecular weight excluding hydrogens is 324 g/mol. The summed E-state index contributed by atoms with van der Waals surface area (Å²) in [6, 6.07) is 14.9. The van der Waals surface area contributed by atoms with E-state index in [0.717, 1.165) is 62.8 Å². The molecule has 2 aromatic rings. The predicted molar refractivity (Wildman–Crippen MR) is 104 cm³/mol. The molecule has 0 radical (unpaired) electrons. The van der Waals surface area contributed by atoms with E-state index in [1.54, 1.807) is 0 Å². The van der Waals surface area contributed by atoms with Crippen LogP contribution in [-0.4, -0.2) is 61.1 Å². The second-order valence-corrected chi connectivity index (χ2v) is 7.56. The van der Waals surface area contributed by atoms with E-state index in [4.69, 9.17) is 4.74 Å². The number of fused-ring (bicyclic) bond motifs is 1. The summed E-state index contributed by atoms with van der Waals surface area (Å²) in [4.78, 5) is 17.5. The van der Waals surface area contributed by atoms with E-state index in [9.17, 15) is 4.79 Å². The summed E-state index contributed by atoms with van der Waals surface area (Å²) < 4.78 is 5.48. The zero-order valence-electron chi connectivity index (χ0n) is 15.6. The number of rotatable bonds is 3. The highest BCUT2D eigenvalue weighted by atomic mass is 16.5. The Bertz CT molecular complexity index is 760. The molecule has 0 unspecified atom stereocenters. The van der Waals surface area contributed by atoms with Crippen LogP contribution in [0.25, 0.3) is 10.8 Å². The van der Waals surface area contributed by atoms with Crippen molar-refractivity contribution in [1.29, 1.82) is 0 Å². The van der Waals surface area contributed by atoms with Gasteiger partial charge < -0.3 is 14.5 Å². The number of carbonyl (C=O) groups excluding carboxylic acids is 1. The molecular formula is C22H28N2O2. The molecule has 0 aromatic heterocycles. The molecule has 0 N–H and O–H groups in total. The van der Waals surface area contributed by atoms with E-state index in [1.807, 2.05) is 36.3 Å². The Kier molecular flexibility index (Phi) is 5.23. The first kappa shape index (κ1) is 17.5. The van der Waals surface area contributed by atoms with Crippen LogP contribution >= 0.6 is 0 Å². The Morgan fingerprint density at radius 3 is 2.31 bits per heavy atom. The van der Waals surface area contributed by atoms with E-state index in [-0.39, 0.29) is 5.91 Å². The van der Waals surface area contributed by atoms with Crippen LogP contribution in [0.4, 0.5) is 0 Å². The number of benzene rings is 2. The number of ether oxygens (including phenoxy) is 1. The number of hydrogen-bond acceptors (Lipinski definition) is 3. The van der Waals surface area contributed by atoms with E-state index >= 15 is 0 Å². The maximum atomic E-state index is 12.9. The Morgan fingerprint density at radius 1 is 0.923 bits per heavy atom. The van der Waals surface area contributed by atoms with Crippen LogP contribution < -0.4 is 0 Å². The second-order valence-electron chi connectivity index (χ2n) is 7.56. The number of piperidine rings is 2. The van der Waals surface area contributed by atoms with Crippen molar-refractivity contribution in [3.05, 3.63) is 48.0 Å². The van der Waals surface area contributed by atoms with Crippen LogP contribution in [0.15, 0.2) is 42.5 Å². The largest absolute Gasteiger partial charge is 0.381 e. The molecule has 0 spiro atoms. The van der Waals surface area contributed by atoms with Crippen LogP contribution in [0.5, 0.6) is 0 Å². The normalized spacial score (nSPS) is 20.6. The van der Waals surface area contributed by atoms with Gasteiger partial charge in [-0.1, -0.05) is 30.3 Å². The molecule has 0 saturated carbocycles. The number of nitrogens with zero attached hydrogens (tertiary/aromatic N) is 2. The molecule has 2 saturated heterocycles. The van der Waals surface area contributed by atoms with Gasteiger partial charge in [0.15, 0.2) is 0 Å². The molecule has 138 valence electrons. The average molecular weight is 352 g/mol. The van der Waals surface area contributed by atoms with Gasteiger partial charge >= 0.3 is 0 Å². The average Bonchev–Trinajstić information content (AvgIpc) is 2.73. The van der Waals surface area contributed by atoms with Crippen LogP contribution in [0.1, 0.15) is 36.0 Å². The van der Waals surface area contributed by atoms with Gasteiger partial charge in [-0.15, -0.1) is 0 Å². The highest BCUT2D eigenvalue weighted by Crippen LogP contribution is 2.24. The van der Waals surface area contributed by atoms with Crippen molar-refractivity contribution < 1.29 is 9.53 Å². The minimum atomic E-state index is 0.173. The lowest BCUT2D eigenvalue weighted by atomic mass is 9.98. The lowest BCUT2D eigenvalue weighted by Crippen LogP contribution is -2.49. The monoisotopic (exact) mass is 352 g/mol. The SMILES string of the molecule is COC1CCN(C2CCN(C(=O)c3ccc4ccccc4c3)CC2)CC1. The molecule has 4 nitrogen and oxygen atoms in total. The molecule has 1 amide bonds. The van der Waals surface area contributed by atoms with E-state index in [0.29, 0.717) is 12.1 Å². The highest BCUT2D eigenvalue weighted by Gasteiger charge is 2.29. The number of amides is 1. The van der Waals surface area contributed by atoms with Crippen LogP contribution in [-0.2, 0) is 4.74 Å². The summed E-state index contributed by atoms with van der Waals surface area (Å²) in [6.07, 6.45) is 4.86. The van der Waals surface area contributed by atoms with Crippen molar-refractivity contribution in [3.8, 4) is 0 Å². The Morgan fingerprint density at radius 2 is 1.62 bits per heavy atom. The van der Waals surface area contributed by atoms with Gasteiger partial charge in [-0.25, -0.2) is 0 Å². The van der Waals surface area contributed by atoms with Crippen LogP contribution in [0.2, 0.25) is 0 Å². The first-order chi connectivity index (χ1) is 12.7. The van der Waals surface area contributed by atoms with E-state index in [2.05, 4.69) is 23.1 Å². The number of likely N-dealkylation sites (tertiary alicyclic amines) is 2. The van der Waals surface area contributed by atoms with Crippen molar-refractivity contribution in [2.75, 3.05) is 33.3 Å². The molecule has 26 heavy (non-hydrogen) atoms. The van der Waals surface area contributed by atoms with Gasteiger partial charge in [0.2, 0.25) is 0 Å². The molecule has 2 aliphatic rings. The number of carbonyl (C=O) groups is 1. The summed E-state index contributed by atoms with van der Waals surface area (Å²) >= 11 is 0. The minimum absolute atomic E-state index is 0.173. The molecule has 2 aliphatic heterocycles. The third kappa shape index (κ3) is 3.62. The summed E-state index contributed by atoms with van der Waals surface area (Å²) in [5.41, 5.74) is 0.808. The number of hydrogen-bond donors (Lipinski definition) is 0. The zero-order valence-corrected chi connectivity index (χ0v) is 15.6. The summed E-state index contributed by atoms with van der Waals surface area (Å²) in [5.74, 6) is 0.173. The standard InChI is InChI=1S/C22H28N2O2/c1-26-21-10-14-23(15-11-21)20-8-12-24(13-9-20)22(25)19-7-6-17-4-2-3-5-18(17)16-19/h2-7,16,20-21H,8-15H2,1H3. The lowest BCUT2D eigenvalue weighted by molar-refractivity contribution is 0.0145. The fourth-order valence-electron chi connectivity index (χ4n) is 4.42. The fourth-order valence-corrected chi connectivity index (χ4v) is 4.42. The first-order valence-electron chi connectivity index (χ1n) is 9.79. The van der Waals surface area contributed by atoms with Gasteiger partial charge in [0.25, 0.3) is 5.91 Å². The summed E-state index contributed by atoms with van der Waals surface area (Å²) in [5, 5.41) is 2.32. The quantitative estimate of drug-likeness (QED) is 0.847. The van der Waals surface area contributed by atoms with Gasteiger partial charge in [-0.2, -0.15) is 0 Å². The van der Waals surface area contributed by atoms with Crippen LogP contribution in [0.3, 0.4) is 0 Å². The predicted octanol–water partition coefficient (Wildman–Crippen LogP) is 3.56. The molecule has 0 atom stereocenters. The molecule has 4 heteroatoms. The van der Waals surface area contributed by atoms with Crippen molar-refractivity contribution >= 4 is 16.7 Å². The molecule has 2 heterocycles. The van der Waals surface area contributed by atoms with Crippen molar-refractivity contribution in [2.24, 2.45) is 0 Å². The van der Waals surface area contributed by atoms with Crippen molar-refractivity contribution in [3.63, 3.8) is 0 Å². The van der Waals surface area contributed by atoms with Gasteiger partial charge in [-0.05, 0) is 48.6 Å². The maximum absolute atomic E-state index is 12.9. The van der Waals surface area contributed by atoms with E-state index < -0.39 is 0 Å². The van der Waals surface area contributed by atoms with Crippen molar-refractivity contribution in [1.82, 2.24) is 9.80 Å². The zero-order chi connectivity index (χ0) is 17.9. The maximum Gasteiger partial charge on any atom is 0.253 e. The second kappa shape index (κ2) is 7.77. The topological polar surface area (TPSA) is 32.8 Å². The number of methoxy groups -OCH3 is 1. The third-order valence-corrected chi connectivity index (χ3v) is 6.07. The van der Waals surface area contributed by atoms with E-state index in [1.165, 1.54) is 5.39 Å². The van der Waals surface area contributed by atoms with Gasteiger partial charge in [0.05, 0.1) is 6.10 Å². The Labute approximate surface area is 155 Å². The summed E-state index contributed by atoms with van der Waals surface area (Å²) in [6.45, 7) is 3.98. The molecule has 2 fully saturated rings. The molecule has 2 aromatic carbocycles. The highest BCUT2D eigenvalue weighted by molar-refractivity contribution is 5.98. The summed E-state index contributed by atoms with van der Waals surface area (Å²) in [7, 11) is 1.82. The van der Waals surface area contributed by atoms with Crippen LogP contribution in [0, 0.1) is 0 Å². The fraction of sp³-hybridized carbons (Fsp3) is 0.500. The van der Waals surface area contributed by atoms with Crippen molar-refractivity contribution in [2.45, 2.75) is 37.8 Å². The first-order valence-corrected chi connectivity index (χ1v) is 9.79. The Balaban J connectivity index is 1.35. The Hall–Kier alpha value is -1.91. The minimum Gasteiger partial charge on any atom is -0.381 e. The van der Waals surface area contributed by atoms with Gasteiger partial charge in [0.1, 0.15) is 0 Å². The van der Waals surface area contributed by atoms with Gasteiger partial charge in [-0.3, -0.25) is 4.79 Å². The molecule has 0 aliphatic carbocycles. The molecule has 0 bridgehead atoms. The smallest absolute Gasteiger partial charge is 0.253 e. The van der Waals surface area contributed by atoms with Gasteiger partial charge in [0, 0.05) is 44.9 Å². The molecule has 4 rings (SSSR count). The lowest BCUT2D eigenvalue weighted by Gasteiger charge is -2.41.